The molecular weight excluding hydrogens is 414 g/mol. The van der Waals surface area contributed by atoms with E-state index >= 15 is 0 Å². The average molecular weight is 436 g/mol. The quantitative estimate of drug-likeness (QED) is 0.584. The molecule has 0 fully saturated rings. The molecule has 28 heavy (non-hydrogen) atoms. The van der Waals surface area contributed by atoms with Crippen LogP contribution < -0.4 is 10.0 Å². The van der Waals surface area contributed by atoms with E-state index in [1.165, 1.54) is 6.07 Å². The van der Waals surface area contributed by atoms with Gasteiger partial charge in [-0.25, -0.2) is 13.4 Å². The van der Waals surface area contributed by atoms with Crippen LogP contribution in [-0.4, -0.2) is 25.4 Å². The molecule has 0 aliphatic carbocycles. The Morgan fingerprint density at radius 1 is 1.11 bits per heavy atom. The number of nitrogens with one attached hydrogen (secondary N) is 2. The molecule has 1 atom stereocenters. The Kier molecular flexibility index (Phi) is 6.29. The maximum Gasteiger partial charge on any atom is 0.250 e. The van der Waals surface area contributed by atoms with Gasteiger partial charge in [-0.1, -0.05) is 32.0 Å². The van der Waals surface area contributed by atoms with E-state index in [2.05, 4.69) is 15.0 Å². The molecule has 0 saturated heterocycles. The van der Waals surface area contributed by atoms with Crippen molar-refractivity contribution in [3.05, 3.63) is 52.2 Å². The fraction of sp³-hybridized carbons (Fsp3) is 0.263. The molecule has 0 spiro atoms. The van der Waals surface area contributed by atoms with Gasteiger partial charge in [0.25, 0.3) is 10.0 Å². The minimum atomic E-state index is -3.74. The molecule has 0 aliphatic heterocycles. The fourth-order valence-electron chi connectivity index (χ4n) is 2.57. The summed E-state index contributed by atoms with van der Waals surface area (Å²) in [7, 11) is -3.74. The van der Waals surface area contributed by atoms with E-state index in [4.69, 9.17) is 0 Å². The van der Waals surface area contributed by atoms with Gasteiger partial charge >= 0.3 is 0 Å². The number of hydrogen-bond donors (Lipinski definition) is 2. The standard InChI is InChI=1S/C19H21N3O3S3/c1-12(2)18(22-28(24,25)17-5-4-10-26-17)19(23)21-15-8-6-14(7-9-15)16-11-27-13(3)20-16/h4-12,18,22H,1-3H3,(H,21,23). The summed E-state index contributed by atoms with van der Waals surface area (Å²) in [5.41, 5.74) is 2.45. The van der Waals surface area contributed by atoms with Crippen LogP contribution in [0.1, 0.15) is 18.9 Å². The Morgan fingerprint density at radius 3 is 2.36 bits per heavy atom. The van der Waals surface area contributed by atoms with Crippen LogP contribution in [0.15, 0.2) is 51.4 Å². The smallest absolute Gasteiger partial charge is 0.250 e. The van der Waals surface area contributed by atoms with E-state index in [0.717, 1.165) is 27.6 Å². The van der Waals surface area contributed by atoms with E-state index in [1.807, 2.05) is 24.4 Å². The highest BCUT2D eigenvalue weighted by atomic mass is 32.2. The first-order valence-electron chi connectivity index (χ1n) is 8.65. The van der Waals surface area contributed by atoms with Crippen LogP contribution in [0.3, 0.4) is 0 Å². The van der Waals surface area contributed by atoms with Crippen LogP contribution in [0.25, 0.3) is 11.3 Å². The molecule has 2 aromatic heterocycles. The van der Waals surface area contributed by atoms with Crippen molar-refractivity contribution < 1.29 is 13.2 Å². The lowest BCUT2D eigenvalue weighted by Crippen LogP contribution is -2.46. The Balaban J connectivity index is 1.72. The molecule has 0 bridgehead atoms. The van der Waals surface area contributed by atoms with E-state index in [-0.39, 0.29) is 10.1 Å². The van der Waals surface area contributed by atoms with Crippen molar-refractivity contribution in [1.82, 2.24) is 9.71 Å². The van der Waals surface area contributed by atoms with Gasteiger partial charge < -0.3 is 5.32 Å². The van der Waals surface area contributed by atoms with Crippen LogP contribution in [0.4, 0.5) is 5.69 Å². The van der Waals surface area contributed by atoms with E-state index in [9.17, 15) is 13.2 Å². The summed E-state index contributed by atoms with van der Waals surface area (Å²) < 4.78 is 27.7. The number of carbonyl (C=O) groups is 1. The van der Waals surface area contributed by atoms with Crippen molar-refractivity contribution in [2.75, 3.05) is 5.32 Å². The van der Waals surface area contributed by atoms with Gasteiger partial charge in [-0.3, -0.25) is 4.79 Å². The SMILES string of the molecule is Cc1nc(-c2ccc(NC(=O)C(NS(=O)(=O)c3cccs3)C(C)C)cc2)cs1. The highest BCUT2D eigenvalue weighted by Gasteiger charge is 2.29. The monoisotopic (exact) mass is 435 g/mol. The molecule has 0 radical (unpaired) electrons. The number of nitrogens with zero attached hydrogens (tertiary/aromatic N) is 1. The first-order chi connectivity index (χ1) is 13.3. The Labute approximate surface area is 172 Å². The summed E-state index contributed by atoms with van der Waals surface area (Å²) in [6.45, 7) is 5.55. The van der Waals surface area contributed by atoms with Gasteiger partial charge in [0, 0.05) is 16.6 Å². The lowest BCUT2D eigenvalue weighted by molar-refractivity contribution is -0.118. The third kappa shape index (κ3) is 4.85. The Morgan fingerprint density at radius 2 is 1.82 bits per heavy atom. The normalized spacial score (nSPS) is 12.9. The number of aryl methyl sites for hydroxylation is 1. The lowest BCUT2D eigenvalue weighted by atomic mass is 10.0. The van der Waals surface area contributed by atoms with Crippen molar-refractivity contribution in [2.24, 2.45) is 5.92 Å². The summed E-state index contributed by atoms with van der Waals surface area (Å²) in [6.07, 6.45) is 0. The average Bonchev–Trinajstić information content (AvgIpc) is 3.32. The largest absolute Gasteiger partial charge is 0.325 e. The molecular formula is C19H21N3O3S3. The third-order valence-corrected chi connectivity index (χ3v) is 7.67. The summed E-state index contributed by atoms with van der Waals surface area (Å²) in [5.74, 6) is -0.612. The highest BCUT2D eigenvalue weighted by molar-refractivity contribution is 7.91. The fourth-order valence-corrected chi connectivity index (χ4v) is 5.55. The number of hydrogen-bond acceptors (Lipinski definition) is 6. The Hall–Kier alpha value is -2.07. The number of aromatic nitrogens is 1. The summed E-state index contributed by atoms with van der Waals surface area (Å²) in [6, 6.07) is 9.62. The first-order valence-corrected chi connectivity index (χ1v) is 11.9. The zero-order valence-electron chi connectivity index (χ0n) is 15.7. The van der Waals surface area contributed by atoms with Crippen molar-refractivity contribution in [3.63, 3.8) is 0 Å². The van der Waals surface area contributed by atoms with Crippen LogP contribution in [-0.2, 0) is 14.8 Å². The van der Waals surface area contributed by atoms with Gasteiger partial charge in [-0.05, 0) is 36.4 Å². The maximum absolute atomic E-state index is 12.7. The number of thiazole rings is 1. The highest BCUT2D eigenvalue weighted by Crippen LogP contribution is 2.23. The minimum Gasteiger partial charge on any atom is -0.325 e. The molecule has 3 aromatic rings. The number of thiophene rings is 1. The number of benzene rings is 1. The van der Waals surface area contributed by atoms with Crippen molar-refractivity contribution in [3.8, 4) is 11.3 Å². The predicted molar refractivity (Wildman–Crippen MR) is 114 cm³/mol. The number of rotatable bonds is 7. The minimum absolute atomic E-state index is 0.189. The van der Waals surface area contributed by atoms with Gasteiger partial charge in [0.1, 0.15) is 10.3 Å². The molecule has 3 rings (SSSR count). The maximum atomic E-state index is 12.7. The molecule has 6 nitrogen and oxygen atoms in total. The third-order valence-electron chi connectivity index (χ3n) is 4.06. The molecule has 1 unspecified atom stereocenters. The van der Waals surface area contributed by atoms with Crippen LogP contribution >= 0.6 is 22.7 Å². The van der Waals surface area contributed by atoms with Gasteiger partial charge in [-0.2, -0.15) is 4.72 Å². The van der Waals surface area contributed by atoms with Crippen LogP contribution in [0.5, 0.6) is 0 Å². The molecule has 1 amide bonds. The van der Waals surface area contributed by atoms with Crippen LogP contribution in [0, 0.1) is 12.8 Å². The van der Waals surface area contributed by atoms with E-state index in [0.29, 0.717) is 5.69 Å². The Bertz CT molecular complexity index is 1040. The molecule has 0 saturated carbocycles. The first kappa shape index (κ1) is 20.7. The van der Waals surface area contributed by atoms with E-state index < -0.39 is 22.0 Å². The summed E-state index contributed by atoms with van der Waals surface area (Å²) in [4.78, 5) is 17.2. The van der Waals surface area contributed by atoms with Crippen molar-refractivity contribution in [2.45, 2.75) is 31.0 Å². The molecule has 0 aliphatic rings. The van der Waals surface area contributed by atoms with E-state index in [1.54, 1.807) is 48.8 Å². The van der Waals surface area contributed by atoms with Gasteiger partial charge in [-0.15, -0.1) is 22.7 Å². The second-order valence-electron chi connectivity index (χ2n) is 6.59. The van der Waals surface area contributed by atoms with Gasteiger partial charge in [0.15, 0.2) is 0 Å². The summed E-state index contributed by atoms with van der Waals surface area (Å²) in [5, 5.41) is 7.45. The molecule has 148 valence electrons. The van der Waals surface area contributed by atoms with Gasteiger partial charge in [0.05, 0.1) is 10.7 Å². The molecule has 9 heteroatoms. The van der Waals surface area contributed by atoms with Gasteiger partial charge in [0.2, 0.25) is 5.91 Å². The number of sulfonamides is 1. The predicted octanol–water partition coefficient (Wildman–Crippen LogP) is 4.12. The van der Waals surface area contributed by atoms with Crippen LogP contribution in [0.2, 0.25) is 0 Å². The molecule has 2 N–H and O–H groups in total. The lowest BCUT2D eigenvalue weighted by Gasteiger charge is -2.21. The van der Waals surface area contributed by atoms with Crippen molar-refractivity contribution in [1.29, 1.82) is 0 Å². The zero-order chi connectivity index (χ0) is 20.3. The number of carbonyl (C=O) groups excluding carboxylic acids is 1. The second kappa shape index (κ2) is 8.52. The number of anilines is 1. The topological polar surface area (TPSA) is 88.2 Å². The summed E-state index contributed by atoms with van der Waals surface area (Å²) >= 11 is 2.69. The zero-order valence-corrected chi connectivity index (χ0v) is 18.1. The number of amides is 1. The van der Waals surface area contributed by atoms with Crippen molar-refractivity contribution >= 4 is 44.3 Å². The second-order valence-corrected chi connectivity index (χ2v) is 10.5. The molecule has 2 heterocycles. The molecule has 1 aromatic carbocycles.